The van der Waals surface area contributed by atoms with E-state index in [1.165, 1.54) is 30.6 Å². The maximum absolute atomic E-state index is 4.31. The van der Waals surface area contributed by atoms with Gasteiger partial charge in [0, 0.05) is 18.8 Å². The molecule has 17 heavy (non-hydrogen) atoms. The summed E-state index contributed by atoms with van der Waals surface area (Å²) < 4.78 is 0. The van der Waals surface area contributed by atoms with Crippen LogP contribution in [0.5, 0.6) is 0 Å². The Bertz CT molecular complexity index is 408. The topological polar surface area (TPSA) is 27.6 Å². The molecule has 90 valence electrons. The lowest BCUT2D eigenvalue weighted by atomic mass is 9.90. The van der Waals surface area contributed by atoms with E-state index in [9.17, 15) is 0 Å². The predicted molar refractivity (Wildman–Crippen MR) is 72.0 cm³/mol. The SMILES string of the molecule is C1=NCCN1c1ccccc1C1CCCNC1. The Hall–Kier alpha value is -1.35. The van der Waals surface area contributed by atoms with E-state index in [0.717, 1.165) is 19.6 Å². The zero-order valence-corrected chi connectivity index (χ0v) is 10.1. The van der Waals surface area contributed by atoms with Crippen molar-refractivity contribution >= 4 is 12.0 Å². The van der Waals surface area contributed by atoms with Crippen molar-refractivity contribution < 1.29 is 0 Å². The van der Waals surface area contributed by atoms with Crippen LogP contribution in [0, 0.1) is 0 Å². The van der Waals surface area contributed by atoms with Gasteiger partial charge in [-0.3, -0.25) is 4.99 Å². The van der Waals surface area contributed by atoms with Gasteiger partial charge in [-0.2, -0.15) is 0 Å². The molecule has 3 heteroatoms. The van der Waals surface area contributed by atoms with Crippen LogP contribution in [0.15, 0.2) is 29.3 Å². The molecule has 1 saturated heterocycles. The Morgan fingerprint density at radius 3 is 3.00 bits per heavy atom. The Labute approximate surface area is 103 Å². The summed E-state index contributed by atoms with van der Waals surface area (Å²) in [5.74, 6) is 0.661. The summed E-state index contributed by atoms with van der Waals surface area (Å²) in [7, 11) is 0. The number of rotatable bonds is 2. The lowest BCUT2D eigenvalue weighted by Gasteiger charge is -2.27. The van der Waals surface area contributed by atoms with Gasteiger partial charge in [0.25, 0.3) is 0 Å². The van der Waals surface area contributed by atoms with Gasteiger partial charge in [0.1, 0.15) is 0 Å². The second-order valence-corrected chi connectivity index (χ2v) is 4.82. The molecular weight excluding hydrogens is 210 g/mol. The van der Waals surface area contributed by atoms with E-state index in [0.29, 0.717) is 5.92 Å². The first-order chi connectivity index (χ1) is 8.45. The van der Waals surface area contributed by atoms with Crippen LogP contribution < -0.4 is 10.2 Å². The molecule has 0 aromatic heterocycles. The average molecular weight is 229 g/mol. The molecule has 1 fully saturated rings. The first-order valence-corrected chi connectivity index (χ1v) is 6.51. The fraction of sp³-hybridized carbons (Fsp3) is 0.500. The summed E-state index contributed by atoms with van der Waals surface area (Å²) in [5, 5.41) is 3.50. The molecule has 2 aliphatic heterocycles. The van der Waals surface area contributed by atoms with Gasteiger partial charge in [-0.25, -0.2) is 0 Å². The van der Waals surface area contributed by atoms with Crippen LogP contribution in [0.2, 0.25) is 0 Å². The van der Waals surface area contributed by atoms with E-state index in [-0.39, 0.29) is 0 Å². The molecule has 2 aliphatic rings. The molecule has 2 heterocycles. The van der Waals surface area contributed by atoms with Gasteiger partial charge in [0.15, 0.2) is 0 Å². The van der Waals surface area contributed by atoms with E-state index in [1.807, 2.05) is 6.34 Å². The van der Waals surface area contributed by atoms with Gasteiger partial charge < -0.3 is 10.2 Å². The summed E-state index contributed by atoms with van der Waals surface area (Å²) in [6.07, 6.45) is 4.57. The van der Waals surface area contributed by atoms with Crippen molar-refractivity contribution in [1.82, 2.24) is 5.32 Å². The van der Waals surface area contributed by atoms with Crippen LogP contribution in [0.1, 0.15) is 24.3 Å². The van der Waals surface area contributed by atoms with Gasteiger partial charge >= 0.3 is 0 Å². The summed E-state index contributed by atoms with van der Waals surface area (Å²) in [5.41, 5.74) is 2.83. The number of hydrogen-bond donors (Lipinski definition) is 1. The quantitative estimate of drug-likeness (QED) is 0.840. The minimum Gasteiger partial charge on any atom is -0.331 e. The highest BCUT2D eigenvalue weighted by molar-refractivity contribution is 5.82. The Morgan fingerprint density at radius 2 is 2.24 bits per heavy atom. The number of para-hydroxylation sites is 1. The summed E-state index contributed by atoms with van der Waals surface area (Å²) in [6, 6.07) is 8.78. The molecule has 0 saturated carbocycles. The molecule has 0 amide bonds. The molecule has 0 bridgehead atoms. The van der Waals surface area contributed by atoms with Crippen molar-refractivity contribution in [2.45, 2.75) is 18.8 Å². The van der Waals surface area contributed by atoms with Crippen molar-refractivity contribution in [3.63, 3.8) is 0 Å². The minimum absolute atomic E-state index is 0.661. The Morgan fingerprint density at radius 1 is 1.29 bits per heavy atom. The number of hydrogen-bond acceptors (Lipinski definition) is 3. The minimum atomic E-state index is 0.661. The first-order valence-electron chi connectivity index (χ1n) is 6.51. The lowest BCUT2D eigenvalue weighted by molar-refractivity contribution is 0.462. The molecule has 1 unspecified atom stereocenters. The molecule has 0 spiro atoms. The number of benzene rings is 1. The van der Waals surface area contributed by atoms with Crippen LogP contribution in [0.4, 0.5) is 5.69 Å². The highest BCUT2D eigenvalue weighted by Gasteiger charge is 2.20. The van der Waals surface area contributed by atoms with Gasteiger partial charge in [-0.05, 0) is 36.9 Å². The molecule has 1 atom stereocenters. The maximum Gasteiger partial charge on any atom is 0.0895 e. The smallest absolute Gasteiger partial charge is 0.0895 e. The zero-order chi connectivity index (χ0) is 11.5. The van der Waals surface area contributed by atoms with Crippen LogP contribution in [-0.4, -0.2) is 32.5 Å². The van der Waals surface area contributed by atoms with Gasteiger partial charge in [0.2, 0.25) is 0 Å². The fourth-order valence-electron chi connectivity index (χ4n) is 2.77. The van der Waals surface area contributed by atoms with Crippen molar-refractivity contribution in [1.29, 1.82) is 0 Å². The van der Waals surface area contributed by atoms with Crippen molar-refractivity contribution in [2.75, 3.05) is 31.1 Å². The average Bonchev–Trinajstić information content (AvgIpc) is 2.94. The lowest BCUT2D eigenvalue weighted by Crippen LogP contribution is -2.30. The van der Waals surface area contributed by atoms with Crippen molar-refractivity contribution in [3.05, 3.63) is 29.8 Å². The number of nitrogens with one attached hydrogen (secondary N) is 1. The molecule has 0 radical (unpaired) electrons. The zero-order valence-electron chi connectivity index (χ0n) is 10.1. The standard InChI is InChI=1S/C14H19N3/c1-2-6-14(17-9-8-16-11-17)13(5-1)12-4-3-7-15-10-12/h1-2,5-6,11-12,15H,3-4,7-10H2. The number of piperidine rings is 1. The first kappa shape index (κ1) is 10.8. The van der Waals surface area contributed by atoms with E-state index in [1.54, 1.807) is 0 Å². The van der Waals surface area contributed by atoms with E-state index in [4.69, 9.17) is 0 Å². The maximum atomic E-state index is 4.31. The third-order valence-corrected chi connectivity index (χ3v) is 3.67. The highest BCUT2D eigenvalue weighted by atomic mass is 15.2. The molecule has 1 aromatic carbocycles. The van der Waals surface area contributed by atoms with Gasteiger partial charge in [-0.15, -0.1) is 0 Å². The van der Waals surface area contributed by atoms with Gasteiger partial charge in [0.05, 0.1) is 12.9 Å². The second kappa shape index (κ2) is 4.88. The predicted octanol–water partition coefficient (Wildman–Crippen LogP) is 2.00. The van der Waals surface area contributed by atoms with E-state index in [2.05, 4.69) is 39.5 Å². The largest absolute Gasteiger partial charge is 0.331 e. The third-order valence-electron chi connectivity index (χ3n) is 3.67. The summed E-state index contributed by atoms with van der Waals surface area (Å²) in [6.45, 7) is 4.24. The Balaban J connectivity index is 1.89. The molecule has 3 nitrogen and oxygen atoms in total. The molecule has 1 N–H and O–H groups in total. The number of anilines is 1. The van der Waals surface area contributed by atoms with Gasteiger partial charge in [-0.1, -0.05) is 18.2 Å². The van der Waals surface area contributed by atoms with Crippen LogP contribution in [-0.2, 0) is 0 Å². The molecular formula is C14H19N3. The monoisotopic (exact) mass is 229 g/mol. The highest BCUT2D eigenvalue weighted by Crippen LogP contribution is 2.31. The molecule has 1 aromatic rings. The van der Waals surface area contributed by atoms with E-state index < -0.39 is 0 Å². The summed E-state index contributed by atoms with van der Waals surface area (Å²) in [4.78, 5) is 6.59. The normalized spacial score (nSPS) is 24.2. The van der Waals surface area contributed by atoms with Crippen LogP contribution in [0.25, 0.3) is 0 Å². The fourth-order valence-corrected chi connectivity index (χ4v) is 2.77. The number of nitrogens with zero attached hydrogens (tertiary/aromatic N) is 2. The Kier molecular flexibility index (Phi) is 3.10. The molecule has 0 aliphatic carbocycles. The number of aliphatic imine (C=N–C) groups is 1. The van der Waals surface area contributed by atoms with E-state index >= 15 is 0 Å². The van der Waals surface area contributed by atoms with Crippen LogP contribution in [0.3, 0.4) is 0 Å². The van der Waals surface area contributed by atoms with Crippen molar-refractivity contribution in [2.24, 2.45) is 4.99 Å². The summed E-state index contributed by atoms with van der Waals surface area (Å²) >= 11 is 0. The van der Waals surface area contributed by atoms with Crippen molar-refractivity contribution in [3.8, 4) is 0 Å². The second-order valence-electron chi connectivity index (χ2n) is 4.82. The third kappa shape index (κ3) is 2.20. The molecule has 3 rings (SSSR count). The van der Waals surface area contributed by atoms with Crippen LogP contribution >= 0.6 is 0 Å².